The number of aliphatic hydroxyl groups is 2. The van der Waals surface area contributed by atoms with Gasteiger partial charge in [-0.05, 0) is 24.6 Å². The molecule has 0 saturated heterocycles. The van der Waals surface area contributed by atoms with Crippen molar-refractivity contribution < 1.29 is 19.4 Å². The van der Waals surface area contributed by atoms with E-state index in [0.29, 0.717) is 11.3 Å². The molecule has 0 aliphatic heterocycles. The summed E-state index contributed by atoms with van der Waals surface area (Å²) in [6.45, 7) is 1.45. The summed E-state index contributed by atoms with van der Waals surface area (Å²) in [5.74, 6) is 0.476. The van der Waals surface area contributed by atoms with Crippen molar-refractivity contribution in [2.75, 3.05) is 13.2 Å². The lowest BCUT2D eigenvalue weighted by Gasteiger charge is -2.10. The van der Waals surface area contributed by atoms with Gasteiger partial charge in [0.25, 0.3) is 0 Å². The van der Waals surface area contributed by atoms with Crippen LogP contribution in [-0.2, 0) is 0 Å². The fraction of sp³-hybridized carbons (Fsp3) is 0.308. The van der Waals surface area contributed by atoms with E-state index in [9.17, 15) is 9.90 Å². The molecule has 1 heterocycles. The largest absolute Gasteiger partial charge is 0.491 e. The van der Waals surface area contributed by atoms with E-state index < -0.39 is 11.7 Å². The van der Waals surface area contributed by atoms with Gasteiger partial charge in [-0.2, -0.15) is 0 Å². The van der Waals surface area contributed by atoms with Crippen LogP contribution in [0.15, 0.2) is 33.5 Å². The molecule has 1 aromatic heterocycles. The molecule has 0 amide bonds. The van der Waals surface area contributed by atoms with Crippen LogP contribution < -0.4 is 10.4 Å². The van der Waals surface area contributed by atoms with Crippen LogP contribution in [0.3, 0.4) is 0 Å². The van der Waals surface area contributed by atoms with E-state index in [4.69, 9.17) is 14.3 Å². The van der Waals surface area contributed by atoms with Gasteiger partial charge < -0.3 is 19.4 Å². The van der Waals surface area contributed by atoms with E-state index in [0.717, 1.165) is 10.9 Å². The predicted octanol–water partition coefficient (Wildman–Crippen LogP) is 0.833. The Morgan fingerprint density at radius 1 is 1.39 bits per heavy atom. The quantitative estimate of drug-likeness (QED) is 0.786. The van der Waals surface area contributed by atoms with Crippen LogP contribution in [0.1, 0.15) is 5.56 Å². The van der Waals surface area contributed by atoms with Crippen molar-refractivity contribution in [1.82, 2.24) is 0 Å². The standard InChI is InChI=1S/C13H14O5/c1-8-4-13(16)18-12-5-10(2-3-11(8)12)17-7-9(15)6-14/h2-5,9,14-15H,6-7H2,1H3. The summed E-state index contributed by atoms with van der Waals surface area (Å²) in [4.78, 5) is 11.2. The van der Waals surface area contributed by atoms with Gasteiger partial charge in [-0.1, -0.05) is 0 Å². The van der Waals surface area contributed by atoms with E-state index in [2.05, 4.69) is 0 Å². The molecule has 1 aromatic carbocycles. The van der Waals surface area contributed by atoms with Crippen molar-refractivity contribution in [2.24, 2.45) is 0 Å². The van der Waals surface area contributed by atoms with Gasteiger partial charge in [0.15, 0.2) is 0 Å². The lowest BCUT2D eigenvalue weighted by Crippen LogP contribution is -2.21. The highest BCUT2D eigenvalue weighted by Gasteiger charge is 2.06. The normalized spacial score (nSPS) is 12.6. The molecular weight excluding hydrogens is 236 g/mol. The Kier molecular flexibility index (Phi) is 3.64. The van der Waals surface area contributed by atoms with Crippen molar-refractivity contribution in [3.63, 3.8) is 0 Å². The zero-order valence-corrected chi connectivity index (χ0v) is 9.92. The number of fused-ring (bicyclic) bond motifs is 1. The number of aliphatic hydroxyl groups excluding tert-OH is 2. The van der Waals surface area contributed by atoms with Crippen molar-refractivity contribution in [3.05, 3.63) is 40.2 Å². The van der Waals surface area contributed by atoms with Crippen LogP contribution in [-0.4, -0.2) is 29.5 Å². The number of hydrogen-bond donors (Lipinski definition) is 2. The Labute approximate surface area is 103 Å². The van der Waals surface area contributed by atoms with Crippen LogP contribution in [0.5, 0.6) is 5.75 Å². The molecule has 0 radical (unpaired) electrons. The van der Waals surface area contributed by atoms with E-state index in [1.54, 1.807) is 18.2 Å². The van der Waals surface area contributed by atoms with Crippen molar-refractivity contribution in [1.29, 1.82) is 0 Å². The summed E-state index contributed by atoms with van der Waals surface area (Å²) >= 11 is 0. The first kappa shape index (κ1) is 12.6. The molecule has 5 heteroatoms. The number of hydrogen-bond acceptors (Lipinski definition) is 5. The fourth-order valence-corrected chi connectivity index (χ4v) is 1.64. The lowest BCUT2D eigenvalue weighted by molar-refractivity contribution is 0.0536. The van der Waals surface area contributed by atoms with E-state index in [1.165, 1.54) is 6.07 Å². The average molecular weight is 250 g/mol. The minimum atomic E-state index is -0.926. The van der Waals surface area contributed by atoms with E-state index in [1.807, 2.05) is 6.92 Å². The zero-order valence-electron chi connectivity index (χ0n) is 9.92. The Morgan fingerprint density at radius 2 is 2.17 bits per heavy atom. The van der Waals surface area contributed by atoms with Crippen LogP contribution in [0.2, 0.25) is 0 Å². The Morgan fingerprint density at radius 3 is 2.89 bits per heavy atom. The van der Waals surface area contributed by atoms with Crippen LogP contribution in [0, 0.1) is 6.92 Å². The third kappa shape index (κ3) is 2.69. The molecule has 2 aromatic rings. The SMILES string of the molecule is Cc1cc(=O)oc2cc(OCC(O)CO)ccc12. The molecule has 0 bridgehead atoms. The molecule has 0 fully saturated rings. The second-order valence-electron chi connectivity index (χ2n) is 4.05. The zero-order chi connectivity index (χ0) is 13.1. The molecule has 0 spiro atoms. The van der Waals surface area contributed by atoms with Gasteiger partial charge in [0.05, 0.1) is 6.61 Å². The molecule has 18 heavy (non-hydrogen) atoms. The number of ether oxygens (including phenoxy) is 1. The Bertz CT molecular complexity index is 602. The Hall–Kier alpha value is -1.85. The monoisotopic (exact) mass is 250 g/mol. The smallest absolute Gasteiger partial charge is 0.336 e. The lowest BCUT2D eigenvalue weighted by atomic mass is 10.1. The molecule has 5 nitrogen and oxygen atoms in total. The van der Waals surface area contributed by atoms with E-state index in [-0.39, 0.29) is 13.2 Å². The maximum absolute atomic E-state index is 11.2. The fourth-order valence-electron chi connectivity index (χ4n) is 1.64. The van der Waals surface area contributed by atoms with Gasteiger partial charge in [0, 0.05) is 17.5 Å². The first-order valence-electron chi connectivity index (χ1n) is 5.56. The number of benzene rings is 1. The summed E-state index contributed by atoms with van der Waals surface area (Å²) in [5.41, 5.74) is 0.867. The first-order chi connectivity index (χ1) is 8.60. The molecule has 1 atom stereocenters. The molecule has 0 saturated carbocycles. The summed E-state index contributed by atoms with van der Waals surface area (Å²) in [6, 6.07) is 6.53. The summed E-state index contributed by atoms with van der Waals surface area (Å²) < 4.78 is 10.3. The predicted molar refractivity (Wildman–Crippen MR) is 65.8 cm³/mol. The number of aryl methyl sites for hydroxylation is 1. The summed E-state index contributed by atoms with van der Waals surface area (Å²) in [5, 5.41) is 18.7. The molecule has 96 valence electrons. The van der Waals surface area contributed by atoms with Gasteiger partial charge in [-0.3, -0.25) is 0 Å². The maximum Gasteiger partial charge on any atom is 0.336 e. The molecular formula is C13H14O5. The van der Waals surface area contributed by atoms with Gasteiger partial charge in [-0.15, -0.1) is 0 Å². The molecule has 1 unspecified atom stereocenters. The number of rotatable bonds is 4. The molecule has 0 aliphatic carbocycles. The van der Waals surface area contributed by atoms with Crippen LogP contribution >= 0.6 is 0 Å². The first-order valence-corrected chi connectivity index (χ1v) is 5.56. The van der Waals surface area contributed by atoms with Crippen molar-refractivity contribution in [2.45, 2.75) is 13.0 Å². The molecule has 2 rings (SSSR count). The van der Waals surface area contributed by atoms with Gasteiger partial charge in [0.1, 0.15) is 24.0 Å². The average Bonchev–Trinajstić information content (AvgIpc) is 2.35. The molecule has 2 N–H and O–H groups in total. The van der Waals surface area contributed by atoms with Crippen molar-refractivity contribution in [3.8, 4) is 5.75 Å². The minimum absolute atomic E-state index is 0.0158. The third-order valence-electron chi connectivity index (χ3n) is 2.58. The molecule has 0 aliphatic rings. The summed E-state index contributed by atoms with van der Waals surface area (Å²) in [6.07, 6.45) is -0.926. The van der Waals surface area contributed by atoms with Gasteiger partial charge in [-0.25, -0.2) is 4.79 Å². The maximum atomic E-state index is 11.2. The van der Waals surface area contributed by atoms with Crippen molar-refractivity contribution >= 4 is 11.0 Å². The highest BCUT2D eigenvalue weighted by molar-refractivity contribution is 5.81. The Balaban J connectivity index is 2.30. The second-order valence-corrected chi connectivity index (χ2v) is 4.05. The topological polar surface area (TPSA) is 79.9 Å². The summed E-state index contributed by atoms with van der Waals surface area (Å²) in [7, 11) is 0. The van der Waals surface area contributed by atoms with Crippen LogP contribution in [0.4, 0.5) is 0 Å². The van der Waals surface area contributed by atoms with Gasteiger partial charge >= 0.3 is 5.63 Å². The second kappa shape index (κ2) is 5.20. The van der Waals surface area contributed by atoms with Crippen LogP contribution in [0.25, 0.3) is 11.0 Å². The highest BCUT2D eigenvalue weighted by Crippen LogP contribution is 2.22. The van der Waals surface area contributed by atoms with Gasteiger partial charge in [0.2, 0.25) is 0 Å². The van der Waals surface area contributed by atoms with E-state index >= 15 is 0 Å². The highest BCUT2D eigenvalue weighted by atomic mass is 16.5. The minimum Gasteiger partial charge on any atom is -0.491 e. The third-order valence-corrected chi connectivity index (χ3v) is 2.58.